The number of nitrogens with one attached hydrogen (secondary N) is 2. The molecule has 208 valence electrons. The van der Waals surface area contributed by atoms with E-state index in [1.807, 2.05) is 84.9 Å². The van der Waals surface area contributed by atoms with Crippen LogP contribution >= 0.6 is 0 Å². The summed E-state index contributed by atoms with van der Waals surface area (Å²) < 4.78 is 0. The van der Waals surface area contributed by atoms with Crippen LogP contribution in [0.15, 0.2) is 109 Å². The number of rotatable bonds is 10. The molecule has 4 heteroatoms. The van der Waals surface area contributed by atoms with Gasteiger partial charge in [0.1, 0.15) is 0 Å². The van der Waals surface area contributed by atoms with Crippen LogP contribution in [0.25, 0.3) is 12.2 Å². The molecule has 0 aliphatic carbocycles. The zero-order valence-corrected chi connectivity index (χ0v) is 24.2. The fourth-order valence-corrected chi connectivity index (χ4v) is 4.34. The van der Waals surface area contributed by atoms with Gasteiger partial charge in [0.2, 0.25) is 11.8 Å². The molecule has 0 atom stereocenters. The molecular formula is C37H38N2O2. The average Bonchev–Trinajstić information content (AvgIpc) is 2.97. The number of carbonyl (C=O) groups excluding carboxylic acids is 2. The Bertz CT molecular complexity index is 1380. The third kappa shape index (κ3) is 9.18. The lowest BCUT2D eigenvalue weighted by molar-refractivity contribution is -0.112. The molecule has 0 saturated carbocycles. The molecule has 2 amide bonds. The maximum Gasteiger partial charge on any atom is 0.248 e. The van der Waals surface area contributed by atoms with Crippen LogP contribution in [0.3, 0.4) is 0 Å². The minimum atomic E-state index is -0.165. The van der Waals surface area contributed by atoms with Crippen LogP contribution in [0.2, 0.25) is 0 Å². The van der Waals surface area contributed by atoms with Crippen LogP contribution in [-0.2, 0) is 16.0 Å². The highest BCUT2D eigenvalue weighted by Crippen LogP contribution is 2.18. The largest absolute Gasteiger partial charge is 0.323 e. The van der Waals surface area contributed by atoms with Crippen molar-refractivity contribution in [3.8, 4) is 0 Å². The maximum absolute atomic E-state index is 12.4. The van der Waals surface area contributed by atoms with Crippen molar-refractivity contribution in [2.24, 2.45) is 0 Å². The summed E-state index contributed by atoms with van der Waals surface area (Å²) in [6.45, 7) is 8.65. The Morgan fingerprint density at radius 1 is 0.537 bits per heavy atom. The van der Waals surface area contributed by atoms with Gasteiger partial charge >= 0.3 is 0 Å². The van der Waals surface area contributed by atoms with Gasteiger partial charge in [0.15, 0.2) is 0 Å². The molecule has 41 heavy (non-hydrogen) atoms. The van der Waals surface area contributed by atoms with E-state index < -0.39 is 0 Å². The summed E-state index contributed by atoms with van der Waals surface area (Å²) in [5.74, 6) is 0.639. The molecule has 0 fully saturated rings. The SMILES string of the molecule is CC(C)c1ccc(/C=C/C(=O)Nc2ccc(Cc3ccc(NC(=O)/C=C/c4ccc(C(C)C)cc4)cc3)cc2)cc1. The molecule has 4 aromatic rings. The Balaban J connectivity index is 1.24. The second-order valence-corrected chi connectivity index (χ2v) is 10.9. The lowest BCUT2D eigenvalue weighted by atomic mass is 10.0. The molecule has 0 aromatic heterocycles. The summed E-state index contributed by atoms with van der Waals surface area (Å²) in [7, 11) is 0. The summed E-state index contributed by atoms with van der Waals surface area (Å²) in [5, 5.41) is 5.83. The zero-order chi connectivity index (χ0) is 29.2. The molecule has 4 aromatic carbocycles. The van der Waals surface area contributed by atoms with Crippen molar-refractivity contribution < 1.29 is 9.59 Å². The smallest absolute Gasteiger partial charge is 0.248 e. The van der Waals surface area contributed by atoms with E-state index in [1.54, 1.807) is 12.2 Å². The molecular weight excluding hydrogens is 504 g/mol. The van der Waals surface area contributed by atoms with Crippen LogP contribution < -0.4 is 10.6 Å². The highest BCUT2D eigenvalue weighted by molar-refractivity contribution is 6.02. The molecule has 4 nitrogen and oxygen atoms in total. The second kappa shape index (κ2) is 14.1. The summed E-state index contributed by atoms with van der Waals surface area (Å²) >= 11 is 0. The van der Waals surface area contributed by atoms with E-state index >= 15 is 0 Å². The van der Waals surface area contributed by atoms with Crippen LogP contribution in [0.5, 0.6) is 0 Å². The molecule has 0 heterocycles. The molecule has 0 radical (unpaired) electrons. The average molecular weight is 543 g/mol. The highest BCUT2D eigenvalue weighted by atomic mass is 16.2. The first-order valence-corrected chi connectivity index (χ1v) is 14.1. The molecule has 0 unspecified atom stereocenters. The predicted molar refractivity (Wildman–Crippen MR) is 172 cm³/mol. The first-order valence-electron chi connectivity index (χ1n) is 14.1. The van der Waals surface area contributed by atoms with Crippen LogP contribution in [-0.4, -0.2) is 11.8 Å². The van der Waals surface area contributed by atoms with Crippen molar-refractivity contribution in [2.75, 3.05) is 10.6 Å². The third-order valence-electron chi connectivity index (χ3n) is 6.91. The van der Waals surface area contributed by atoms with Crippen molar-refractivity contribution in [1.82, 2.24) is 0 Å². The lowest BCUT2D eigenvalue weighted by Crippen LogP contribution is -2.08. The predicted octanol–water partition coefficient (Wildman–Crippen LogP) is 8.83. The van der Waals surface area contributed by atoms with Gasteiger partial charge in [-0.15, -0.1) is 0 Å². The summed E-state index contributed by atoms with van der Waals surface area (Å²) in [6, 6.07) is 32.2. The fourth-order valence-electron chi connectivity index (χ4n) is 4.34. The van der Waals surface area contributed by atoms with E-state index in [9.17, 15) is 9.59 Å². The number of benzene rings is 4. The number of hydrogen-bond donors (Lipinski definition) is 2. The number of anilines is 2. The molecule has 0 saturated heterocycles. The molecule has 0 aliphatic rings. The summed E-state index contributed by atoms with van der Waals surface area (Å²) in [4.78, 5) is 24.7. The van der Waals surface area contributed by atoms with Crippen LogP contribution in [0, 0.1) is 0 Å². The van der Waals surface area contributed by atoms with Crippen molar-refractivity contribution in [2.45, 2.75) is 46.0 Å². The minimum Gasteiger partial charge on any atom is -0.323 e. The molecule has 0 spiro atoms. The Morgan fingerprint density at radius 3 is 1.20 bits per heavy atom. The quantitative estimate of drug-likeness (QED) is 0.197. The van der Waals surface area contributed by atoms with E-state index in [4.69, 9.17) is 0 Å². The Hall–Kier alpha value is -4.70. The van der Waals surface area contributed by atoms with Gasteiger partial charge in [0.05, 0.1) is 0 Å². The van der Waals surface area contributed by atoms with Gasteiger partial charge in [-0.3, -0.25) is 9.59 Å². The molecule has 2 N–H and O–H groups in total. The second-order valence-electron chi connectivity index (χ2n) is 10.9. The topological polar surface area (TPSA) is 58.2 Å². The van der Waals surface area contributed by atoms with Crippen molar-refractivity contribution in [3.63, 3.8) is 0 Å². The first-order chi connectivity index (χ1) is 19.7. The Labute approximate surface area is 243 Å². The van der Waals surface area contributed by atoms with E-state index in [2.05, 4.69) is 62.6 Å². The van der Waals surface area contributed by atoms with E-state index in [0.29, 0.717) is 11.8 Å². The molecule has 0 bridgehead atoms. The van der Waals surface area contributed by atoms with Crippen LogP contribution in [0.4, 0.5) is 11.4 Å². The van der Waals surface area contributed by atoms with Crippen molar-refractivity contribution in [3.05, 3.63) is 143 Å². The van der Waals surface area contributed by atoms with Crippen molar-refractivity contribution >= 4 is 35.3 Å². The summed E-state index contributed by atoms with van der Waals surface area (Å²) in [5.41, 5.74) is 8.31. The Kier molecular flexibility index (Phi) is 10.1. The highest BCUT2D eigenvalue weighted by Gasteiger charge is 2.03. The van der Waals surface area contributed by atoms with Gasteiger partial charge < -0.3 is 10.6 Å². The number of hydrogen-bond acceptors (Lipinski definition) is 2. The van der Waals surface area contributed by atoms with E-state index in [-0.39, 0.29) is 11.8 Å². The third-order valence-corrected chi connectivity index (χ3v) is 6.91. The molecule has 0 aliphatic heterocycles. The Morgan fingerprint density at radius 2 is 0.878 bits per heavy atom. The van der Waals surface area contributed by atoms with Gasteiger partial charge in [-0.25, -0.2) is 0 Å². The standard InChI is InChI=1S/C37H38N2O2/c1-26(2)32-15-5-28(6-16-32)13-23-36(40)38-34-19-9-30(10-20-34)25-31-11-21-35(22-12-31)39-37(41)24-14-29-7-17-33(18-8-29)27(3)4/h5-24,26-27H,25H2,1-4H3,(H,38,40)(H,39,41)/b23-13+,24-14+. The number of amides is 2. The van der Waals surface area contributed by atoms with E-state index in [1.165, 1.54) is 11.1 Å². The van der Waals surface area contributed by atoms with Gasteiger partial charge in [-0.05, 0) is 88.1 Å². The molecule has 4 rings (SSSR count). The van der Waals surface area contributed by atoms with Gasteiger partial charge in [0.25, 0.3) is 0 Å². The van der Waals surface area contributed by atoms with Crippen LogP contribution in [0.1, 0.15) is 72.9 Å². The van der Waals surface area contributed by atoms with Gasteiger partial charge in [-0.1, -0.05) is 100 Å². The van der Waals surface area contributed by atoms with Crippen molar-refractivity contribution in [1.29, 1.82) is 0 Å². The number of carbonyl (C=O) groups is 2. The maximum atomic E-state index is 12.4. The monoisotopic (exact) mass is 542 g/mol. The summed E-state index contributed by atoms with van der Waals surface area (Å²) in [6.07, 6.45) is 7.50. The normalized spacial score (nSPS) is 11.5. The first kappa shape index (κ1) is 29.3. The van der Waals surface area contributed by atoms with Gasteiger partial charge in [-0.2, -0.15) is 0 Å². The minimum absolute atomic E-state index is 0.165. The lowest BCUT2D eigenvalue weighted by Gasteiger charge is -2.07. The van der Waals surface area contributed by atoms with Gasteiger partial charge in [0, 0.05) is 23.5 Å². The fraction of sp³-hybridized carbons (Fsp3) is 0.189. The zero-order valence-electron chi connectivity index (χ0n) is 24.2. The van der Waals surface area contributed by atoms with E-state index in [0.717, 1.165) is 40.0 Å².